The molecule has 0 saturated heterocycles. The third-order valence-electron chi connectivity index (χ3n) is 4.46. The molecule has 0 spiro atoms. The lowest BCUT2D eigenvalue weighted by atomic mass is 10.1. The van der Waals surface area contributed by atoms with Crippen LogP contribution in [0.1, 0.15) is 41.9 Å². The van der Waals surface area contributed by atoms with E-state index < -0.39 is 0 Å². The summed E-state index contributed by atoms with van der Waals surface area (Å²) < 4.78 is 21.6. The van der Waals surface area contributed by atoms with Crippen LogP contribution in [0.4, 0.5) is 0 Å². The van der Waals surface area contributed by atoms with Gasteiger partial charge in [-0.15, -0.1) is 0 Å². The van der Waals surface area contributed by atoms with Crippen molar-refractivity contribution in [3.05, 3.63) is 41.9 Å². The molecule has 1 aromatic heterocycles. The fraction of sp³-hybridized carbons (Fsp3) is 0.421. The Balaban J connectivity index is 1.97. The van der Waals surface area contributed by atoms with Gasteiger partial charge in [-0.1, -0.05) is 0 Å². The molecule has 0 unspecified atom stereocenters. The maximum atomic E-state index is 13.2. The van der Waals surface area contributed by atoms with Crippen LogP contribution in [0.3, 0.4) is 0 Å². The second kappa shape index (κ2) is 7.09. The Hall–Kier alpha value is -2.63. The Morgan fingerprint density at radius 3 is 2.24 bits per heavy atom. The highest BCUT2D eigenvalue weighted by molar-refractivity contribution is 5.96. The molecule has 6 nitrogen and oxygen atoms in total. The number of ether oxygens (including phenoxy) is 3. The van der Waals surface area contributed by atoms with Crippen LogP contribution in [0.2, 0.25) is 0 Å². The SMILES string of the molecule is COc1cc(C(=O)N(C2CC2)[C@@H](C)c2ccco2)cc(OC)c1OC. The number of benzene rings is 1. The summed E-state index contributed by atoms with van der Waals surface area (Å²) in [4.78, 5) is 15.1. The minimum Gasteiger partial charge on any atom is -0.493 e. The van der Waals surface area contributed by atoms with Gasteiger partial charge >= 0.3 is 0 Å². The number of rotatable bonds is 7. The van der Waals surface area contributed by atoms with Gasteiger partial charge < -0.3 is 23.5 Å². The van der Waals surface area contributed by atoms with E-state index in [0.29, 0.717) is 22.8 Å². The van der Waals surface area contributed by atoms with Gasteiger partial charge in [-0.2, -0.15) is 0 Å². The minimum atomic E-state index is -0.144. The Kier molecular flexibility index (Phi) is 4.88. The van der Waals surface area contributed by atoms with E-state index in [1.54, 1.807) is 18.4 Å². The topological polar surface area (TPSA) is 61.1 Å². The van der Waals surface area contributed by atoms with Crippen molar-refractivity contribution in [2.45, 2.75) is 31.8 Å². The first-order chi connectivity index (χ1) is 12.1. The van der Waals surface area contributed by atoms with Crippen molar-refractivity contribution >= 4 is 5.91 Å². The number of hydrogen-bond acceptors (Lipinski definition) is 5. The summed E-state index contributed by atoms with van der Waals surface area (Å²) in [5.41, 5.74) is 0.500. The Bertz CT molecular complexity index is 711. The third-order valence-corrected chi connectivity index (χ3v) is 4.46. The molecule has 1 aromatic carbocycles. The standard InChI is InChI=1S/C19H23NO5/c1-12(15-6-5-9-25-15)20(14-7-8-14)19(21)13-10-16(22-2)18(24-4)17(11-13)23-3/h5-6,9-12,14H,7-8H2,1-4H3/t12-/m0/s1. The number of amides is 1. The predicted octanol–water partition coefficient (Wildman–Crippen LogP) is 3.67. The van der Waals surface area contributed by atoms with Gasteiger partial charge in [0.1, 0.15) is 5.76 Å². The smallest absolute Gasteiger partial charge is 0.254 e. The van der Waals surface area contributed by atoms with Crippen LogP contribution < -0.4 is 14.2 Å². The molecule has 2 aromatic rings. The van der Waals surface area contributed by atoms with Gasteiger partial charge in [-0.25, -0.2) is 0 Å². The normalized spacial score (nSPS) is 14.7. The van der Waals surface area contributed by atoms with E-state index in [9.17, 15) is 4.79 Å². The van der Waals surface area contributed by atoms with Gasteiger partial charge in [-0.05, 0) is 44.0 Å². The lowest BCUT2D eigenvalue weighted by Crippen LogP contribution is -2.35. The molecule has 0 N–H and O–H groups in total. The molecule has 6 heteroatoms. The van der Waals surface area contributed by atoms with E-state index in [4.69, 9.17) is 18.6 Å². The van der Waals surface area contributed by atoms with Crippen LogP contribution in [0, 0.1) is 0 Å². The van der Waals surface area contributed by atoms with E-state index >= 15 is 0 Å². The molecule has 3 rings (SSSR count). The summed E-state index contributed by atoms with van der Waals surface area (Å²) in [5, 5.41) is 0. The van der Waals surface area contributed by atoms with Crippen LogP contribution in [0.5, 0.6) is 17.2 Å². The van der Waals surface area contributed by atoms with Crippen molar-refractivity contribution < 1.29 is 23.4 Å². The highest BCUT2D eigenvalue weighted by Gasteiger charge is 2.38. The summed E-state index contributed by atoms with van der Waals surface area (Å²) in [6, 6.07) is 7.19. The molecule has 1 fully saturated rings. The molecular weight excluding hydrogens is 322 g/mol. The van der Waals surface area contributed by atoms with Crippen molar-refractivity contribution in [2.24, 2.45) is 0 Å². The quantitative estimate of drug-likeness (QED) is 0.766. The molecule has 134 valence electrons. The Labute approximate surface area is 147 Å². The van der Waals surface area contributed by atoms with Crippen molar-refractivity contribution in [3.8, 4) is 17.2 Å². The second-order valence-corrected chi connectivity index (χ2v) is 6.05. The molecule has 0 aliphatic heterocycles. The van der Waals surface area contributed by atoms with Gasteiger partial charge in [0.25, 0.3) is 5.91 Å². The number of hydrogen-bond donors (Lipinski definition) is 0. The zero-order valence-electron chi connectivity index (χ0n) is 14.9. The summed E-state index contributed by atoms with van der Waals surface area (Å²) in [7, 11) is 4.61. The fourth-order valence-corrected chi connectivity index (χ4v) is 3.03. The summed E-state index contributed by atoms with van der Waals surface area (Å²) in [6.07, 6.45) is 3.63. The van der Waals surface area contributed by atoms with Gasteiger partial charge in [0.2, 0.25) is 5.75 Å². The summed E-state index contributed by atoms with van der Waals surface area (Å²) >= 11 is 0. The first-order valence-electron chi connectivity index (χ1n) is 8.26. The van der Waals surface area contributed by atoms with Gasteiger partial charge in [0.05, 0.1) is 33.6 Å². The van der Waals surface area contributed by atoms with Crippen molar-refractivity contribution in [3.63, 3.8) is 0 Å². The Morgan fingerprint density at radius 2 is 1.80 bits per heavy atom. The molecular formula is C19H23NO5. The molecule has 0 bridgehead atoms. The van der Waals surface area contributed by atoms with E-state index in [1.807, 2.05) is 24.0 Å². The monoisotopic (exact) mass is 345 g/mol. The van der Waals surface area contributed by atoms with Gasteiger partial charge in [-0.3, -0.25) is 4.79 Å². The molecule has 1 saturated carbocycles. The molecule has 1 atom stereocenters. The maximum Gasteiger partial charge on any atom is 0.254 e. The van der Waals surface area contributed by atoms with E-state index in [2.05, 4.69) is 0 Å². The summed E-state index contributed by atoms with van der Waals surface area (Å²) in [5.74, 6) is 2.09. The fourth-order valence-electron chi connectivity index (χ4n) is 3.03. The van der Waals surface area contributed by atoms with E-state index in [0.717, 1.165) is 18.6 Å². The average molecular weight is 345 g/mol. The first kappa shape index (κ1) is 17.2. The molecule has 1 aliphatic rings. The number of carbonyl (C=O) groups excluding carboxylic acids is 1. The van der Waals surface area contributed by atoms with Crippen molar-refractivity contribution in [1.82, 2.24) is 4.90 Å². The number of nitrogens with zero attached hydrogens (tertiary/aromatic N) is 1. The molecule has 25 heavy (non-hydrogen) atoms. The van der Waals surface area contributed by atoms with Crippen LogP contribution >= 0.6 is 0 Å². The maximum absolute atomic E-state index is 13.2. The zero-order valence-corrected chi connectivity index (χ0v) is 14.9. The Morgan fingerprint density at radius 1 is 1.16 bits per heavy atom. The van der Waals surface area contributed by atoms with E-state index in [-0.39, 0.29) is 18.0 Å². The van der Waals surface area contributed by atoms with Crippen LogP contribution in [0.15, 0.2) is 34.9 Å². The second-order valence-electron chi connectivity index (χ2n) is 6.05. The lowest BCUT2D eigenvalue weighted by molar-refractivity contribution is 0.0652. The van der Waals surface area contributed by atoms with Gasteiger partial charge in [0.15, 0.2) is 11.5 Å². The van der Waals surface area contributed by atoms with Crippen molar-refractivity contribution in [1.29, 1.82) is 0 Å². The molecule has 1 heterocycles. The molecule has 1 aliphatic carbocycles. The average Bonchev–Trinajstić information content (AvgIpc) is 3.31. The first-order valence-corrected chi connectivity index (χ1v) is 8.26. The number of carbonyl (C=O) groups is 1. The van der Waals surface area contributed by atoms with E-state index in [1.165, 1.54) is 21.3 Å². The highest BCUT2D eigenvalue weighted by Crippen LogP contribution is 2.41. The van der Waals surface area contributed by atoms with Crippen LogP contribution in [0.25, 0.3) is 0 Å². The van der Waals surface area contributed by atoms with Crippen LogP contribution in [-0.4, -0.2) is 38.2 Å². The number of methoxy groups -OCH3 is 3. The van der Waals surface area contributed by atoms with Crippen molar-refractivity contribution in [2.75, 3.05) is 21.3 Å². The minimum absolute atomic E-state index is 0.0781. The predicted molar refractivity (Wildman–Crippen MR) is 92.4 cm³/mol. The summed E-state index contributed by atoms with van der Waals surface area (Å²) in [6.45, 7) is 1.98. The van der Waals surface area contributed by atoms with Gasteiger partial charge in [0, 0.05) is 11.6 Å². The van der Waals surface area contributed by atoms with Crippen LogP contribution in [-0.2, 0) is 0 Å². The third kappa shape index (κ3) is 3.29. The zero-order chi connectivity index (χ0) is 18.0. The molecule has 0 radical (unpaired) electrons. The number of furan rings is 1. The highest BCUT2D eigenvalue weighted by atomic mass is 16.5. The molecule has 1 amide bonds. The largest absolute Gasteiger partial charge is 0.493 e. The lowest BCUT2D eigenvalue weighted by Gasteiger charge is -2.28.